The summed E-state index contributed by atoms with van der Waals surface area (Å²) < 4.78 is 11.2. The number of carbonyl (C=O) groups excluding carboxylic acids is 4. The number of allylic oxidation sites excluding steroid dienone is 3. The minimum absolute atomic E-state index is 0.0480. The van der Waals surface area contributed by atoms with Crippen molar-refractivity contribution in [3.63, 3.8) is 0 Å². The third-order valence-corrected chi connectivity index (χ3v) is 10.8. The first-order valence-electron chi connectivity index (χ1n) is 13.1. The number of Topliss-reactive ketones (excluding diaryl/α,β-unsaturated/α-hetero) is 1. The lowest BCUT2D eigenvalue weighted by molar-refractivity contribution is -0.205. The summed E-state index contributed by atoms with van der Waals surface area (Å²) in [5, 5.41) is 23.0. The van der Waals surface area contributed by atoms with Gasteiger partial charge in [0.2, 0.25) is 5.78 Å². The van der Waals surface area contributed by atoms with E-state index in [-0.39, 0.29) is 37.4 Å². The molecule has 3 saturated carbocycles. The Morgan fingerprint density at radius 2 is 1.73 bits per heavy atom. The van der Waals surface area contributed by atoms with Gasteiger partial charge >= 0.3 is 11.9 Å². The first kappa shape index (κ1) is 28.0. The molecule has 4 rings (SSSR count). The molecule has 2 N–H and O–H groups in total. The van der Waals surface area contributed by atoms with Crippen LogP contribution in [-0.4, -0.2) is 63.0 Å². The summed E-state index contributed by atoms with van der Waals surface area (Å²) >= 11 is 7.43. The molecule has 0 aromatic carbocycles. The number of hydrogen-bond donors (Lipinski definition) is 2. The molecule has 0 spiro atoms. The van der Waals surface area contributed by atoms with E-state index in [0.29, 0.717) is 12.0 Å². The van der Waals surface area contributed by atoms with E-state index in [9.17, 15) is 29.4 Å². The summed E-state index contributed by atoms with van der Waals surface area (Å²) in [4.78, 5) is 49.3. The molecule has 0 aromatic rings. The van der Waals surface area contributed by atoms with Gasteiger partial charge < -0.3 is 19.7 Å². The molecule has 0 heterocycles. The topological polar surface area (TPSA) is 127 Å². The fourth-order valence-electron chi connectivity index (χ4n) is 8.04. The number of alkyl halides is 1. The van der Waals surface area contributed by atoms with E-state index in [1.165, 1.54) is 12.2 Å². The van der Waals surface area contributed by atoms with Crippen LogP contribution in [0.1, 0.15) is 66.7 Å². The molecule has 37 heavy (non-hydrogen) atoms. The SMILES string of the molecule is CCC(=O)OCC(=O)[C@]1(OC(=O)CC)[C@@H](C)C[C@H]2[C@@H]3C[C@@H](O)C4=CC(=O)C=C[C@]4(C)[C@@]3(Cl)[C@@H](O)C[C@@]21C. The Kier molecular flexibility index (Phi) is 7.04. The van der Waals surface area contributed by atoms with Crippen molar-refractivity contribution < 1.29 is 38.9 Å². The van der Waals surface area contributed by atoms with Gasteiger partial charge in [-0.25, -0.2) is 0 Å². The fourth-order valence-corrected chi connectivity index (χ4v) is 8.53. The normalized spacial score (nSPS) is 44.3. The first-order valence-corrected chi connectivity index (χ1v) is 13.5. The molecule has 3 fully saturated rings. The lowest BCUT2D eigenvalue weighted by atomic mass is 9.45. The monoisotopic (exact) mass is 536 g/mol. The van der Waals surface area contributed by atoms with Crippen LogP contribution in [0.25, 0.3) is 0 Å². The predicted octanol–water partition coefficient (Wildman–Crippen LogP) is 3.06. The van der Waals surface area contributed by atoms with E-state index in [2.05, 4.69) is 0 Å². The van der Waals surface area contributed by atoms with Crippen LogP contribution in [-0.2, 0) is 28.7 Å². The molecular weight excluding hydrogens is 500 g/mol. The number of hydrogen-bond acceptors (Lipinski definition) is 8. The third-order valence-electron chi connectivity index (χ3n) is 9.84. The van der Waals surface area contributed by atoms with Crippen molar-refractivity contribution in [1.82, 2.24) is 0 Å². The molecular formula is C28H37ClO8. The number of fused-ring (bicyclic) bond motifs is 5. The molecule has 0 unspecified atom stereocenters. The van der Waals surface area contributed by atoms with Crippen LogP contribution >= 0.6 is 11.6 Å². The number of esters is 2. The Bertz CT molecular complexity index is 1080. The van der Waals surface area contributed by atoms with E-state index in [4.69, 9.17) is 21.1 Å². The molecule has 204 valence electrons. The van der Waals surface area contributed by atoms with Crippen LogP contribution < -0.4 is 0 Å². The highest BCUT2D eigenvalue weighted by atomic mass is 35.5. The third kappa shape index (κ3) is 3.69. The molecule has 9 heteroatoms. The highest BCUT2D eigenvalue weighted by molar-refractivity contribution is 6.26. The second-order valence-corrected chi connectivity index (χ2v) is 12.2. The lowest BCUT2D eigenvalue weighted by Crippen LogP contribution is -2.71. The summed E-state index contributed by atoms with van der Waals surface area (Å²) in [5.41, 5.74) is -3.20. The molecule has 0 aliphatic heterocycles. The van der Waals surface area contributed by atoms with E-state index in [1.54, 1.807) is 19.9 Å². The summed E-state index contributed by atoms with van der Waals surface area (Å²) in [7, 11) is 0. The quantitative estimate of drug-likeness (QED) is 0.391. The number of aliphatic hydroxyl groups is 2. The highest BCUT2D eigenvalue weighted by Crippen LogP contribution is 2.72. The van der Waals surface area contributed by atoms with E-state index in [0.717, 1.165) is 0 Å². The number of rotatable bonds is 6. The molecule has 0 amide bonds. The average molecular weight is 537 g/mol. The molecule has 0 radical (unpaired) electrons. The number of aliphatic hydroxyl groups excluding tert-OH is 2. The smallest absolute Gasteiger partial charge is 0.306 e. The van der Waals surface area contributed by atoms with Crippen molar-refractivity contribution in [3.05, 3.63) is 23.8 Å². The maximum Gasteiger partial charge on any atom is 0.306 e. The van der Waals surface area contributed by atoms with Gasteiger partial charge in [0, 0.05) is 29.6 Å². The summed E-state index contributed by atoms with van der Waals surface area (Å²) in [6.45, 7) is 8.22. The minimum atomic E-state index is -1.64. The zero-order valence-corrected chi connectivity index (χ0v) is 22.8. The summed E-state index contributed by atoms with van der Waals surface area (Å²) in [6, 6.07) is 0. The maximum atomic E-state index is 13.9. The summed E-state index contributed by atoms with van der Waals surface area (Å²) in [6.07, 6.45) is 3.22. The van der Waals surface area contributed by atoms with Crippen molar-refractivity contribution in [2.45, 2.75) is 89.4 Å². The van der Waals surface area contributed by atoms with Gasteiger partial charge in [0.25, 0.3) is 0 Å². The largest absolute Gasteiger partial charge is 0.457 e. The minimum Gasteiger partial charge on any atom is -0.457 e. The van der Waals surface area contributed by atoms with Crippen LogP contribution in [0.15, 0.2) is 23.8 Å². The molecule has 0 aromatic heterocycles. The van der Waals surface area contributed by atoms with Gasteiger partial charge in [0.15, 0.2) is 18.0 Å². The second kappa shape index (κ2) is 9.31. The van der Waals surface area contributed by atoms with Gasteiger partial charge in [-0.05, 0) is 48.8 Å². The molecule has 9 atom stereocenters. The Labute approximate surface area is 222 Å². The maximum absolute atomic E-state index is 13.9. The van der Waals surface area contributed by atoms with Crippen LogP contribution in [0.3, 0.4) is 0 Å². The Morgan fingerprint density at radius 3 is 2.35 bits per heavy atom. The average Bonchev–Trinajstić information content (AvgIpc) is 3.07. The number of ketones is 2. The number of ether oxygens (including phenoxy) is 2. The number of halogens is 1. The van der Waals surface area contributed by atoms with Crippen LogP contribution in [0, 0.1) is 28.6 Å². The standard InChI is InChI=1S/C28H37ClO8/c1-6-23(34)36-14-22(33)28(37-24(35)7-2)15(3)10-17-18-12-20(31)19-11-16(30)8-9-25(19,4)27(18,29)21(32)13-26(17,28)5/h8-9,11,15,17-18,20-21,31-32H,6-7,10,12-14H2,1-5H3/t15-,17-,18-,20+,21-,25-,26-,27-,28+/m0/s1. The van der Waals surface area contributed by atoms with Crippen LogP contribution in [0.2, 0.25) is 0 Å². The number of carbonyl (C=O) groups is 4. The zero-order valence-electron chi connectivity index (χ0n) is 22.1. The Hall–Kier alpha value is -2.03. The van der Waals surface area contributed by atoms with Gasteiger partial charge in [0.1, 0.15) is 0 Å². The fraction of sp³-hybridized carbons (Fsp3) is 0.714. The van der Waals surface area contributed by atoms with E-state index >= 15 is 0 Å². The van der Waals surface area contributed by atoms with Crippen LogP contribution in [0.4, 0.5) is 0 Å². The predicted molar refractivity (Wildman–Crippen MR) is 134 cm³/mol. The molecule has 4 aliphatic carbocycles. The van der Waals surface area contributed by atoms with Gasteiger partial charge in [-0.2, -0.15) is 0 Å². The van der Waals surface area contributed by atoms with Crippen molar-refractivity contribution >= 4 is 35.1 Å². The van der Waals surface area contributed by atoms with Crippen molar-refractivity contribution in [3.8, 4) is 0 Å². The van der Waals surface area contributed by atoms with Gasteiger partial charge in [-0.1, -0.05) is 40.7 Å². The van der Waals surface area contributed by atoms with Gasteiger partial charge in [-0.3, -0.25) is 19.2 Å². The molecule has 8 nitrogen and oxygen atoms in total. The van der Waals surface area contributed by atoms with E-state index < -0.39 is 69.7 Å². The Balaban J connectivity index is 1.83. The van der Waals surface area contributed by atoms with Gasteiger partial charge in [0.05, 0.1) is 17.1 Å². The van der Waals surface area contributed by atoms with Crippen molar-refractivity contribution in [2.24, 2.45) is 28.6 Å². The van der Waals surface area contributed by atoms with Crippen molar-refractivity contribution in [1.29, 1.82) is 0 Å². The Morgan fingerprint density at radius 1 is 1.08 bits per heavy atom. The summed E-state index contributed by atoms with van der Waals surface area (Å²) in [5.74, 6) is -3.09. The van der Waals surface area contributed by atoms with Crippen molar-refractivity contribution in [2.75, 3.05) is 6.61 Å². The lowest BCUT2D eigenvalue weighted by Gasteiger charge is -2.64. The van der Waals surface area contributed by atoms with Gasteiger partial charge in [-0.15, -0.1) is 11.6 Å². The van der Waals surface area contributed by atoms with E-state index in [1.807, 2.05) is 20.8 Å². The molecule has 0 bridgehead atoms. The second-order valence-electron chi connectivity index (χ2n) is 11.5. The van der Waals surface area contributed by atoms with Crippen LogP contribution in [0.5, 0.6) is 0 Å². The molecule has 4 aliphatic rings. The zero-order chi connectivity index (χ0) is 27.6. The molecule has 0 saturated heterocycles. The first-order chi connectivity index (χ1) is 17.2. The highest BCUT2D eigenvalue weighted by Gasteiger charge is 2.77.